The molecule has 3 saturated carbocycles. The number of anilines is 1. The van der Waals surface area contributed by atoms with Gasteiger partial charge in [0.15, 0.2) is 5.13 Å². The number of aromatic nitrogens is 1. The van der Waals surface area contributed by atoms with E-state index in [0.717, 1.165) is 18.3 Å². The summed E-state index contributed by atoms with van der Waals surface area (Å²) in [4.78, 5) is 18.9. The highest BCUT2D eigenvalue weighted by Crippen LogP contribution is 2.67. The van der Waals surface area contributed by atoms with E-state index in [2.05, 4.69) is 30.3 Å². The average Bonchev–Trinajstić information content (AvgIpc) is 3.21. The Bertz CT molecular complexity index is 803. The highest BCUT2D eigenvalue weighted by Gasteiger charge is 2.60. The van der Waals surface area contributed by atoms with Crippen LogP contribution in [-0.4, -0.2) is 28.9 Å². The number of nitrogens with zero attached hydrogens (tertiary/aromatic N) is 2. The van der Waals surface area contributed by atoms with Crippen LogP contribution in [0.4, 0.5) is 5.13 Å². The van der Waals surface area contributed by atoms with Crippen LogP contribution in [0.15, 0.2) is 17.5 Å². The van der Waals surface area contributed by atoms with Crippen molar-refractivity contribution in [1.82, 2.24) is 9.88 Å². The minimum atomic E-state index is 0.135. The van der Waals surface area contributed by atoms with Gasteiger partial charge in [-0.1, -0.05) is 19.9 Å². The van der Waals surface area contributed by atoms with Crippen LogP contribution in [0.1, 0.15) is 64.0 Å². The summed E-state index contributed by atoms with van der Waals surface area (Å²) in [7, 11) is 2.00. The van der Waals surface area contributed by atoms with E-state index in [9.17, 15) is 4.79 Å². The van der Waals surface area contributed by atoms with Crippen LogP contribution >= 0.6 is 11.3 Å². The first-order valence-electron chi connectivity index (χ1n) is 10.5. The Hall–Kier alpha value is -1.36. The molecule has 5 heteroatoms. The maximum atomic E-state index is 12.2. The molecule has 0 aromatic carbocycles. The fraction of sp³-hybridized carbons (Fsp3) is 0.727. The van der Waals surface area contributed by atoms with Crippen LogP contribution in [0.3, 0.4) is 0 Å². The molecule has 7 atom stereocenters. The van der Waals surface area contributed by atoms with Crippen molar-refractivity contribution in [3.63, 3.8) is 0 Å². The molecule has 1 aromatic heterocycles. The van der Waals surface area contributed by atoms with Crippen LogP contribution in [0.2, 0.25) is 0 Å². The van der Waals surface area contributed by atoms with Crippen molar-refractivity contribution in [1.29, 1.82) is 0 Å². The monoisotopic (exact) mass is 385 g/mol. The SMILES string of the molecule is CN1C(=O)C=C[C@]2(C)C3CC[C@@]4(C)C(CC[C@@H]4c4csc(N)n4)C3CCC12. The standard InChI is InChI=1S/C22H31N3OS/c1-21-10-8-15-13(4-7-18-22(15,2)11-9-19(26)25(18)3)14(21)5-6-16(21)17-12-27-20(23)24-17/h9,11-16,18H,4-8,10H2,1-3H3,(H2,23,24)/t13?,14?,15?,16-,18?,21+,22-/m1/s1. The molecule has 0 spiro atoms. The number of nitrogens with two attached hydrogens (primary N) is 1. The molecule has 3 fully saturated rings. The maximum absolute atomic E-state index is 12.2. The number of carbonyl (C=O) groups excluding carboxylic acids is 1. The summed E-state index contributed by atoms with van der Waals surface area (Å²) in [5.41, 5.74) is 7.67. The number of carbonyl (C=O) groups is 1. The van der Waals surface area contributed by atoms with Gasteiger partial charge < -0.3 is 10.6 Å². The Balaban J connectivity index is 1.47. The first kappa shape index (κ1) is 17.7. The van der Waals surface area contributed by atoms with E-state index in [1.165, 1.54) is 37.8 Å². The molecule has 5 rings (SSSR count). The topological polar surface area (TPSA) is 59.2 Å². The normalized spacial score (nSPS) is 46.1. The van der Waals surface area contributed by atoms with Gasteiger partial charge in [-0.25, -0.2) is 4.98 Å². The number of rotatable bonds is 1. The number of hydrogen-bond acceptors (Lipinski definition) is 4. The van der Waals surface area contributed by atoms with Crippen LogP contribution in [0, 0.1) is 28.6 Å². The van der Waals surface area contributed by atoms with E-state index in [4.69, 9.17) is 5.73 Å². The van der Waals surface area contributed by atoms with Gasteiger partial charge in [-0.2, -0.15) is 0 Å². The zero-order chi connectivity index (χ0) is 19.0. The summed E-state index contributed by atoms with van der Waals surface area (Å²) in [6.45, 7) is 4.95. The molecule has 0 saturated heterocycles. The van der Waals surface area contributed by atoms with Crippen molar-refractivity contribution in [3.8, 4) is 0 Å². The second-order valence-corrected chi connectivity index (χ2v) is 10.8. The molecule has 0 radical (unpaired) electrons. The van der Waals surface area contributed by atoms with Crippen molar-refractivity contribution in [3.05, 3.63) is 23.2 Å². The Morgan fingerprint density at radius 1 is 1.19 bits per heavy atom. The fourth-order valence-corrected chi connectivity index (χ4v) is 8.30. The van der Waals surface area contributed by atoms with Gasteiger partial charge in [-0.15, -0.1) is 11.3 Å². The van der Waals surface area contributed by atoms with Gasteiger partial charge in [-0.05, 0) is 67.8 Å². The van der Waals surface area contributed by atoms with E-state index >= 15 is 0 Å². The van der Waals surface area contributed by atoms with Crippen molar-refractivity contribution in [2.45, 2.75) is 64.3 Å². The van der Waals surface area contributed by atoms with Gasteiger partial charge in [0.05, 0.1) is 5.69 Å². The molecule has 4 unspecified atom stereocenters. The number of nitrogen functional groups attached to an aromatic ring is 1. The first-order chi connectivity index (χ1) is 12.8. The Morgan fingerprint density at radius 2 is 2.00 bits per heavy atom. The second kappa shape index (κ2) is 5.82. The van der Waals surface area contributed by atoms with Crippen LogP contribution in [0.5, 0.6) is 0 Å². The molecule has 4 nitrogen and oxygen atoms in total. The fourth-order valence-electron chi connectivity index (χ4n) is 7.68. The Kier molecular flexibility index (Phi) is 3.82. The molecule has 3 aliphatic carbocycles. The zero-order valence-corrected chi connectivity index (χ0v) is 17.5. The minimum absolute atomic E-state index is 0.135. The van der Waals surface area contributed by atoms with Gasteiger partial charge in [-0.3, -0.25) is 4.79 Å². The summed E-state index contributed by atoms with van der Waals surface area (Å²) in [6.07, 6.45) is 11.6. The summed E-state index contributed by atoms with van der Waals surface area (Å²) in [6, 6.07) is 0.371. The van der Waals surface area contributed by atoms with Crippen molar-refractivity contribution in [2.75, 3.05) is 12.8 Å². The molecule has 2 heterocycles. The molecule has 27 heavy (non-hydrogen) atoms. The first-order valence-corrected chi connectivity index (χ1v) is 11.4. The van der Waals surface area contributed by atoms with Gasteiger partial charge in [0.1, 0.15) is 0 Å². The average molecular weight is 386 g/mol. The molecular weight excluding hydrogens is 354 g/mol. The van der Waals surface area contributed by atoms with Crippen LogP contribution in [-0.2, 0) is 4.79 Å². The molecular formula is C22H31N3OS. The molecule has 1 aliphatic heterocycles. The van der Waals surface area contributed by atoms with Crippen LogP contribution in [0.25, 0.3) is 0 Å². The predicted molar refractivity (Wildman–Crippen MR) is 109 cm³/mol. The lowest BCUT2D eigenvalue weighted by molar-refractivity contribution is -0.138. The van der Waals surface area contributed by atoms with Crippen molar-refractivity contribution in [2.24, 2.45) is 28.6 Å². The lowest BCUT2D eigenvalue weighted by atomic mass is 9.47. The van der Waals surface area contributed by atoms with E-state index in [1.54, 1.807) is 11.3 Å². The summed E-state index contributed by atoms with van der Waals surface area (Å²) < 4.78 is 0. The molecule has 146 valence electrons. The molecule has 0 bridgehead atoms. The van der Waals surface area contributed by atoms with E-state index < -0.39 is 0 Å². The molecule has 4 aliphatic rings. The lowest BCUT2D eigenvalue weighted by Crippen LogP contribution is -2.59. The third kappa shape index (κ3) is 2.33. The van der Waals surface area contributed by atoms with Crippen molar-refractivity contribution >= 4 is 22.4 Å². The minimum Gasteiger partial charge on any atom is -0.375 e. The van der Waals surface area contributed by atoms with Gasteiger partial charge >= 0.3 is 0 Å². The summed E-state index contributed by atoms with van der Waals surface area (Å²) >= 11 is 1.59. The number of hydrogen-bond donors (Lipinski definition) is 1. The molecule has 1 aromatic rings. The Morgan fingerprint density at radius 3 is 2.74 bits per heavy atom. The highest BCUT2D eigenvalue weighted by atomic mass is 32.1. The highest BCUT2D eigenvalue weighted by molar-refractivity contribution is 7.13. The quantitative estimate of drug-likeness (QED) is 0.777. The number of fused-ring (bicyclic) bond motifs is 5. The van der Waals surface area contributed by atoms with Gasteiger partial charge in [0.25, 0.3) is 0 Å². The third-order valence-corrected chi connectivity index (χ3v) is 9.72. The van der Waals surface area contributed by atoms with Crippen molar-refractivity contribution < 1.29 is 4.79 Å². The van der Waals surface area contributed by atoms with Crippen LogP contribution < -0.4 is 5.73 Å². The lowest BCUT2D eigenvalue weighted by Gasteiger charge is -2.60. The maximum Gasteiger partial charge on any atom is 0.246 e. The summed E-state index contributed by atoms with van der Waals surface area (Å²) in [5.74, 6) is 2.99. The number of thiazole rings is 1. The van der Waals surface area contributed by atoms with E-state index in [-0.39, 0.29) is 11.3 Å². The Labute approximate surface area is 166 Å². The third-order valence-electron chi connectivity index (χ3n) is 9.02. The number of amides is 1. The molecule has 2 N–H and O–H groups in total. The van der Waals surface area contributed by atoms with E-state index in [1.807, 2.05) is 18.0 Å². The van der Waals surface area contributed by atoms with Gasteiger partial charge in [0.2, 0.25) is 5.91 Å². The number of likely N-dealkylation sites (N-methyl/N-ethyl adjacent to an activating group) is 1. The molecule has 1 amide bonds. The predicted octanol–water partition coefficient (Wildman–Crippen LogP) is 4.45. The smallest absolute Gasteiger partial charge is 0.246 e. The summed E-state index contributed by atoms with van der Waals surface area (Å²) in [5, 5.41) is 2.90. The zero-order valence-electron chi connectivity index (χ0n) is 16.6. The van der Waals surface area contributed by atoms with E-state index in [0.29, 0.717) is 28.4 Å². The largest absolute Gasteiger partial charge is 0.375 e. The van der Waals surface area contributed by atoms with Gasteiger partial charge in [0, 0.05) is 29.8 Å². The second-order valence-electron chi connectivity index (χ2n) is 9.90.